The van der Waals surface area contributed by atoms with Gasteiger partial charge in [-0.05, 0) is 23.4 Å². The lowest BCUT2D eigenvalue weighted by Crippen LogP contribution is -2.19. The highest BCUT2D eigenvalue weighted by Crippen LogP contribution is 2.34. The Bertz CT molecular complexity index is 559. The molecule has 0 spiro atoms. The van der Waals surface area contributed by atoms with Crippen molar-refractivity contribution in [3.05, 3.63) is 41.2 Å². The molecule has 0 saturated carbocycles. The van der Waals surface area contributed by atoms with Gasteiger partial charge in [0.15, 0.2) is 5.16 Å². The number of aromatic nitrogens is 2. The van der Waals surface area contributed by atoms with E-state index in [1.807, 2.05) is 29.9 Å². The first kappa shape index (κ1) is 15.4. The fourth-order valence-corrected chi connectivity index (χ4v) is 2.99. The van der Waals surface area contributed by atoms with Crippen LogP contribution in [0.15, 0.2) is 40.6 Å². The van der Waals surface area contributed by atoms with Crippen LogP contribution in [-0.4, -0.2) is 29.8 Å². The maximum absolute atomic E-state index is 6.33. The number of aryl methyl sites for hydroxylation is 1. The number of halogens is 1. The maximum Gasteiger partial charge on any atom is 0.172 e. The first-order chi connectivity index (χ1) is 9.72. The second-order valence-corrected chi connectivity index (χ2v) is 5.71. The van der Waals surface area contributed by atoms with Crippen molar-refractivity contribution in [3.63, 3.8) is 0 Å². The molecule has 1 aromatic heterocycles. The number of nitrogens with one attached hydrogen (secondary N) is 1. The van der Waals surface area contributed by atoms with Gasteiger partial charge in [-0.1, -0.05) is 23.7 Å². The van der Waals surface area contributed by atoms with Gasteiger partial charge in [0.1, 0.15) is 0 Å². The van der Waals surface area contributed by atoms with Crippen LogP contribution >= 0.6 is 23.4 Å². The lowest BCUT2D eigenvalue weighted by molar-refractivity contribution is 0.199. The summed E-state index contributed by atoms with van der Waals surface area (Å²) in [5.41, 5.74) is 1.17. The molecule has 2 rings (SSSR count). The molecule has 0 fully saturated rings. The molecular formula is C14H18ClN3OS. The fourth-order valence-electron chi connectivity index (χ4n) is 1.75. The van der Waals surface area contributed by atoms with E-state index in [1.165, 1.54) is 5.56 Å². The summed E-state index contributed by atoms with van der Waals surface area (Å²) >= 11 is 7.91. The normalized spacial score (nSPS) is 10.9. The summed E-state index contributed by atoms with van der Waals surface area (Å²) < 4.78 is 7.01. The number of rotatable bonds is 7. The number of methoxy groups -OCH3 is 1. The van der Waals surface area contributed by atoms with Crippen molar-refractivity contribution in [1.82, 2.24) is 14.9 Å². The zero-order valence-corrected chi connectivity index (χ0v) is 13.2. The Balaban J connectivity index is 2.12. The summed E-state index contributed by atoms with van der Waals surface area (Å²) in [7, 11) is 3.67. The number of benzene rings is 1. The van der Waals surface area contributed by atoms with Gasteiger partial charge >= 0.3 is 0 Å². The van der Waals surface area contributed by atoms with Crippen LogP contribution in [0.1, 0.15) is 5.56 Å². The van der Waals surface area contributed by atoms with Crippen molar-refractivity contribution in [3.8, 4) is 0 Å². The van der Waals surface area contributed by atoms with Gasteiger partial charge in [-0.25, -0.2) is 4.98 Å². The molecule has 0 atom stereocenters. The lowest BCUT2D eigenvalue weighted by Gasteiger charge is -2.11. The Hall–Kier alpha value is -1.01. The van der Waals surface area contributed by atoms with Gasteiger partial charge < -0.3 is 14.6 Å². The molecule has 0 saturated heterocycles. The number of ether oxygens (including phenoxy) is 1. The summed E-state index contributed by atoms with van der Waals surface area (Å²) in [6.45, 7) is 2.27. The van der Waals surface area contributed by atoms with E-state index in [-0.39, 0.29) is 0 Å². The molecular weight excluding hydrogens is 294 g/mol. The van der Waals surface area contributed by atoms with Crippen LogP contribution in [0.2, 0.25) is 5.02 Å². The molecule has 0 radical (unpaired) electrons. The second kappa shape index (κ2) is 7.69. The lowest BCUT2D eigenvalue weighted by atomic mass is 10.2. The number of imidazole rings is 1. The Morgan fingerprint density at radius 3 is 3.00 bits per heavy atom. The summed E-state index contributed by atoms with van der Waals surface area (Å²) in [4.78, 5) is 5.38. The minimum atomic E-state index is 0.697. The van der Waals surface area contributed by atoms with Crippen molar-refractivity contribution in [1.29, 1.82) is 0 Å². The predicted octanol–water partition coefficient (Wildman–Crippen LogP) is 2.96. The van der Waals surface area contributed by atoms with Crippen LogP contribution in [0.25, 0.3) is 0 Å². The van der Waals surface area contributed by atoms with E-state index in [0.717, 1.165) is 28.2 Å². The quantitative estimate of drug-likeness (QED) is 0.798. The molecule has 6 heteroatoms. The molecule has 0 aliphatic heterocycles. The Kier molecular flexibility index (Phi) is 5.91. The van der Waals surface area contributed by atoms with Crippen LogP contribution in [-0.2, 0) is 18.3 Å². The Labute approximate surface area is 128 Å². The molecule has 1 heterocycles. The van der Waals surface area contributed by atoms with Gasteiger partial charge in [0, 0.05) is 44.5 Å². The molecule has 0 amide bonds. The third-order valence-electron chi connectivity index (χ3n) is 2.82. The largest absolute Gasteiger partial charge is 0.383 e. The highest BCUT2D eigenvalue weighted by Gasteiger charge is 2.11. The minimum Gasteiger partial charge on any atom is -0.383 e. The van der Waals surface area contributed by atoms with Gasteiger partial charge in [-0.2, -0.15) is 0 Å². The molecule has 0 aliphatic carbocycles. The van der Waals surface area contributed by atoms with Crippen LogP contribution in [0.4, 0.5) is 0 Å². The average molecular weight is 312 g/mol. The molecule has 2 aromatic rings. The van der Waals surface area contributed by atoms with E-state index >= 15 is 0 Å². The van der Waals surface area contributed by atoms with E-state index < -0.39 is 0 Å². The number of hydrogen-bond donors (Lipinski definition) is 1. The zero-order chi connectivity index (χ0) is 14.4. The topological polar surface area (TPSA) is 39.1 Å². The molecule has 108 valence electrons. The monoisotopic (exact) mass is 311 g/mol. The van der Waals surface area contributed by atoms with Crippen molar-refractivity contribution >= 4 is 23.4 Å². The number of nitrogens with zero attached hydrogens (tertiary/aromatic N) is 2. The van der Waals surface area contributed by atoms with Gasteiger partial charge in [-0.3, -0.25) is 0 Å². The van der Waals surface area contributed by atoms with E-state index in [1.54, 1.807) is 25.1 Å². The summed E-state index contributed by atoms with van der Waals surface area (Å²) in [6.07, 6.45) is 3.71. The van der Waals surface area contributed by atoms with Crippen molar-refractivity contribution in [2.45, 2.75) is 16.6 Å². The molecule has 0 aliphatic rings. The molecule has 0 unspecified atom stereocenters. The van der Waals surface area contributed by atoms with Crippen LogP contribution < -0.4 is 5.32 Å². The third-order valence-corrected chi connectivity index (χ3v) is 4.51. The highest BCUT2D eigenvalue weighted by atomic mass is 35.5. The average Bonchev–Trinajstić information content (AvgIpc) is 2.84. The molecule has 4 nitrogen and oxygen atoms in total. The molecule has 1 aromatic carbocycles. The summed E-state index contributed by atoms with van der Waals surface area (Å²) in [5, 5.41) is 5.02. The van der Waals surface area contributed by atoms with Crippen molar-refractivity contribution < 1.29 is 4.74 Å². The predicted molar refractivity (Wildman–Crippen MR) is 82.4 cm³/mol. The van der Waals surface area contributed by atoms with E-state index in [0.29, 0.717) is 6.61 Å². The minimum absolute atomic E-state index is 0.697. The van der Waals surface area contributed by atoms with Gasteiger partial charge in [0.25, 0.3) is 0 Å². The van der Waals surface area contributed by atoms with Gasteiger partial charge in [-0.15, -0.1) is 0 Å². The van der Waals surface area contributed by atoms with E-state index in [9.17, 15) is 0 Å². The molecule has 1 N–H and O–H groups in total. The molecule has 20 heavy (non-hydrogen) atoms. The standard InChI is InChI=1S/C14H18ClN3OS/c1-18-8-6-17-14(18)20-13-11(4-3-5-12(13)15)10-16-7-9-19-2/h3-6,8,16H,7,9-10H2,1-2H3. The zero-order valence-electron chi connectivity index (χ0n) is 11.6. The summed E-state index contributed by atoms with van der Waals surface area (Å²) in [6, 6.07) is 5.96. The summed E-state index contributed by atoms with van der Waals surface area (Å²) in [5.74, 6) is 0. The van der Waals surface area contributed by atoms with Crippen LogP contribution in [0.5, 0.6) is 0 Å². The highest BCUT2D eigenvalue weighted by molar-refractivity contribution is 7.99. The Morgan fingerprint density at radius 2 is 2.30 bits per heavy atom. The van der Waals surface area contributed by atoms with Gasteiger partial charge in [0.05, 0.1) is 11.6 Å². The number of hydrogen-bond acceptors (Lipinski definition) is 4. The van der Waals surface area contributed by atoms with Crippen LogP contribution in [0.3, 0.4) is 0 Å². The third kappa shape index (κ3) is 3.99. The van der Waals surface area contributed by atoms with Crippen LogP contribution in [0, 0.1) is 0 Å². The SMILES string of the molecule is COCCNCc1cccc(Cl)c1Sc1nccn1C. The molecule has 0 bridgehead atoms. The van der Waals surface area contributed by atoms with E-state index in [2.05, 4.69) is 16.4 Å². The maximum atomic E-state index is 6.33. The Morgan fingerprint density at radius 1 is 1.45 bits per heavy atom. The van der Waals surface area contributed by atoms with Crippen molar-refractivity contribution in [2.75, 3.05) is 20.3 Å². The smallest absolute Gasteiger partial charge is 0.172 e. The first-order valence-electron chi connectivity index (χ1n) is 6.34. The van der Waals surface area contributed by atoms with Gasteiger partial charge in [0.2, 0.25) is 0 Å². The van der Waals surface area contributed by atoms with E-state index in [4.69, 9.17) is 16.3 Å². The first-order valence-corrected chi connectivity index (χ1v) is 7.54. The van der Waals surface area contributed by atoms with Crippen molar-refractivity contribution in [2.24, 2.45) is 7.05 Å². The fraction of sp³-hybridized carbons (Fsp3) is 0.357. The second-order valence-electron chi connectivity index (χ2n) is 4.32.